The first kappa shape index (κ1) is 11.0. The molecular formula is C12H12N4O. The fourth-order valence-electron chi connectivity index (χ4n) is 1.61. The Bertz CT molecular complexity index is 568. The van der Waals surface area contributed by atoms with Gasteiger partial charge in [0.05, 0.1) is 25.3 Å². The zero-order valence-electron chi connectivity index (χ0n) is 9.42. The molecule has 0 atom stereocenters. The Labute approximate surface area is 99.0 Å². The maximum atomic E-state index is 8.86. The molecule has 0 saturated heterocycles. The SMILES string of the molecule is COc1ccc(C#N)cc1Cn1ccc(N)n1. The Morgan fingerprint density at radius 3 is 2.88 bits per heavy atom. The van der Waals surface area contributed by atoms with Gasteiger partial charge in [0.1, 0.15) is 11.6 Å². The third-order valence-electron chi connectivity index (χ3n) is 2.40. The molecule has 86 valence electrons. The average molecular weight is 228 g/mol. The lowest BCUT2D eigenvalue weighted by Crippen LogP contribution is -2.03. The first-order chi connectivity index (χ1) is 8.22. The molecule has 17 heavy (non-hydrogen) atoms. The molecule has 2 N–H and O–H groups in total. The number of anilines is 1. The largest absolute Gasteiger partial charge is 0.496 e. The molecule has 0 bridgehead atoms. The normalized spacial score (nSPS) is 9.88. The molecule has 0 aliphatic heterocycles. The van der Waals surface area contributed by atoms with Crippen molar-refractivity contribution in [1.29, 1.82) is 5.26 Å². The molecule has 0 saturated carbocycles. The number of aromatic nitrogens is 2. The average Bonchev–Trinajstić information content (AvgIpc) is 2.74. The fourth-order valence-corrected chi connectivity index (χ4v) is 1.61. The van der Waals surface area contributed by atoms with Crippen LogP contribution in [0, 0.1) is 11.3 Å². The zero-order chi connectivity index (χ0) is 12.3. The predicted molar refractivity (Wildman–Crippen MR) is 63.5 cm³/mol. The summed E-state index contributed by atoms with van der Waals surface area (Å²) in [4.78, 5) is 0. The number of hydrogen-bond donors (Lipinski definition) is 1. The Morgan fingerprint density at radius 1 is 1.47 bits per heavy atom. The van der Waals surface area contributed by atoms with Gasteiger partial charge in [0.2, 0.25) is 0 Å². The quantitative estimate of drug-likeness (QED) is 0.861. The lowest BCUT2D eigenvalue weighted by molar-refractivity contribution is 0.407. The third kappa shape index (κ3) is 2.37. The molecule has 5 nitrogen and oxygen atoms in total. The second-order valence-electron chi connectivity index (χ2n) is 3.58. The lowest BCUT2D eigenvalue weighted by Gasteiger charge is -2.08. The van der Waals surface area contributed by atoms with E-state index >= 15 is 0 Å². The summed E-state index contributed by atoms with van der Waals surface area (Å²) in [5.74, 6) is 1.21. The molecular weight excluding hydrogens is 216 g/mol. The molecule has 0 aliphatic rings. The minimum absolute atomic E-state index is 0.473. The minimum atomic E-state index is 0.473. The van der Waals surface area contributed by atoms with Crippen LogP contribution < -0.4 is 10.5 Å². The van der Waals surface area contributed by atoms with E-state index in [0.717, 1.165) is 11.3 Å². The Morgan fingerprint density at radius 2 is 2.29 bits per heavy atom. The van der Waals surface area contributed by atoms with Crippen LogP contribution in [0.2, 0.25) is 0 Å². The molecule has 1 heterocycles. The molecule has 1 aromatic carbocycles. The van der Waals surface area contributed by atoms with E-state index in [2.05, 4.69) is 11.2 Å². The zero-order valence-corrected chi connectivity index (χ0v) is 9.42. The standard InChI is InChI=1S/C12H12N4O/c1-17-11-3-2-9(7-13)6-10(11)8-16-5-4-12(14)15-16/h2-6H,8H2,1H3,(H2,14,15). The summed E-state index contributed by atoms with van der Waals surface area (Å²) in [5, 5.41) is 13.0. The number of nitrogen functional groups attached to an aromatic ring is 1. The van der Waals surface area contributed by atoms with Crippen LogP contribution in [-0.4, -0.2) is 16.9 Å². The second kappa shape index (κ2) is 4.58. The van der Waals surface area contributed by atoms with Gasteiger partial charge in [-0.1, -0.05) is 0 Å². The van der Waals surface area contributed by atoms with Crippen molar-refractivity contribution in [3.8, 4) is 11.8 Å². The van der Waals surface area contributed by atoms with Crippen molar-refractivity contribution in [2.75, 3.05) is 12.8 Å². The van der Waals surface area contributed by atoms with Crippen LogP contribution in [-0.2, 0) is 6.54 Å². The van der Waals surface area contributed by atoms with Crippen LogP contribution in [0.15, 0.2) is 30.5 Å². The van der Waals surface area contributed by atoms with Crippen molar-refractivity contribution >= 4 is 5.82 Å². The summed E-state index contributed by atoms with van der Waals surface area (Å²) in [6.07, 6.45) is 1.79. The van der Waals surface area contributed by atoms with Gasteiger partial charge in [-0.25, -0.2) is 0 Å². The van der Waals surface area contributed by atoms with Gasteiger partial charge >= 0.3 is 0 Å². The van der Waals surface area contributed by atoms with Crippen LogP contribution in [0.3, 0.4) is 0 Å². The van der Waals surface area contributed by atoms with Crippen molar-refractivity contribution in [3.63, 3.8) is 0 Å². The number of nitriles is 1. The molecule has 2 aromatic rings. The summed E-state index contributed by atoms with van der Waals surface area (Å²) in [5.41, 5.74) is 7.04. The van der Waals surface area contributed by atoms with Crippen molar-refractivity contribution in [2.45, 2.75) is 6.54 Å². The summed E-state index contributed by atoms with van der Waals surface area (Å²) in [6.45, 7) is 0.524. The van der Waals surface area contributed by atoms with E-state index in [-0.39, 0.29) is 0 Å². The van der Waals surface area contributed by atoms with E-state index in [1.165, 1.54) is 0 Å². The van der Waals surface area contributed by atoms with Gasteiger partial charge in [-0.15, -0.1) is 0 Å². The maximum Gasteiger partial charge on any atom is 0.145 e. The number of methoxy groups -OCH3 is 1. The number of benzene rings is 1. The molecule has 5 heteroatoms. The van der Waals surface area contributed by atoms with Crippen LogP contribution in [0.5, 0.6) is 5.75 Å². The van der Waals surface area contributed by atoms with Gasteiger partial charge in [-0.2, -0.15) is 10.4 Å². The Kier molecular flexibility index (Phi) is 2.97. The van der Waals surface area contributed by atoms with Crippen molar-refractivity contribution in [2.24, 2.45) is 0 Å². The Balaban J connectivity index is 2.33. The van der Waals surface area contributed by atoms with E-state index in [9.17, 15) is 0 Å². The van der Waals surface area contributed by atoms with Crippen LogP contribution in [0.1, 0.15) is 11.1 Å². The molecule has 0 fully saturated rings. The van der Waals surface area contributed by atoms with Crippen LogP contribution in [0.25, 0.3) is 0 Å². The molecule has 1 aromatic heterocycles. The number of nitrogens with zero attached hydrogens (tertiary/aromatic N) is 3. The van der Waals surface area contributed by atoms with Gasteiger partial charge in [0.25, 0.3) is 0 Å². The van der Waals surface area contributed by atoms with Gasteiger partial charge in [-0.3, -0.25) is 4.68 Å². The first-order valence-corrected chi connectivity index (χ1v) is 5.09. The van der Waals surface area contributed by atoms with Crippen molar-refractivity contribution < 1.29 is 4.74 Å². The van der Waals surface area contributed by atoms with E-state index in [0.29, 0.717) is 17.9 Å². The van der Waals surface area contributed by atoms with Gasteiger partial charge in [0, 0.05) is 11.8 Å². The van der Waals surface area contributed by atoms with Gasteiger partial charge < -0.3 is 10.5 Å². The fraction of sp³-hybridized carbons (Fsp3) is 0.167. The van der Waals surface area contributed by atoms with Gasteiger partial charge in [-0.05, 0) is 24.3 Å². The highest BCUT2D eigenvalue weighted by Gasteiger charge is 2.06. The summed E-state index contributed by atoms with van der Waals surface area (Å²) in [6, 6.07) is 9.11. The number of rotatable bonds is 3. The van der Waals surface area contributed by atoms with E-state index in [1.54, 1.807) is 42.3 Å². The van der Waals surface area contributed by atoms with E-state index in [4.69, 9.17) is 15.7 Å². The molecule has 0 unspecified atom stereocenters. The number of hydrogen-bond acceptors (Lipinski definition) is 4. The number of nitrogens with two attached hydrogens (primary N) is 1. The van der Waals surface area contributed by atoms with Crippen LogP contribution >= 0.6 is 0 Å². The van der Waals surface area contributed by atoms with E-state index in [1.807, 2.05) is 0 Å². The summed E-state index contributed by atoms with van der Waals surface area (Å²) in [7, 11) is 1.60. The van der Waals surface area contributed by atoms with Crippen LogP contribution in [0.4, 0.5) is 5.82 Å². The summed E-state index contributed by atoms with van der Waals surface area (Å²) < 4.78 is 6.94. The highest BCUT2D eigenvalue weighted by atomic mass is 16.5. The van der Waals surface area contributed by atoms with E-state index < -0.39 is 0 Å². The number of ether oxygens (including phenoxy) is 1. The topological polar surface area (TPSA) is 76.9 Å². The molecule has 2 rings (SSSR count). The highest BCUT2D eigenvalue weighted by molar-refractivity contribution is 5.42. The molecule has 0 radical (unpaired) electrons. The smallest absolute Gasteiger partial charge is 0.145 e. The minimum Gasteiger partial charge on any atom is -0.496 e. The lowest BCUT2D eigenvalue weighted by atomic mass is 10.1. The van der Waals surface area contributed by atoms with Crippen molar-refractivity contribution in [1.82, 2.24) is 9.78 Å². The molecule has 0 amide bonds. The summed E-state index contributed by atoms with van der Waals surface area (Å²) >= 11 is 0. The molecule has 0 aliphatic carbocycles. The predicted octanol–water partition coefficient (Wildman–Crippen LogP) is 1.39. The first-order valence-electron chi connectivity index (χ1n) is 5.09. The second-order valence-corrected chi connectivity index (χ2v) is 3.58. The Hall–Kier alpha value is -2.48. The maximum absolute atomic E-state index is 8.86. The monoisotopic (exact) mass is 228 g/mol. The third-order valence-corrected chi connectivity index (χ3v) is 2.40. The van der Waals surface area contributed by atoms with Crippen molar-refractivity contribution in [3.05, 3.63) is 41.6 Å². The molecule has 0 spiro atoms. The highest BCUT2D eigenvalue weighted by Crippen LogP contribution is 2.20. The van der Waals surface area contributed by atoms with Gasteiger partial charge in [0.15, 0.2) is 0 Å².